The first-order valence-electron chi connectivity index (χ1n) is 8.01. The molecule has 1 amide bonds. The summed E-state index contributed by atoms with van der Waals surface area (Å²) in [6.45, 7) is 3.01. The number of benzene rings is 2. The predicted octanol–water partition coefficient (Wildman–Crippen LogP) is 3.89. The van der Waals surface area contributed by atoms with Crippen LogP contribution in [-0.2, 0) is 4.79 Å². The molecule has 5 heteroatoms. The van der Waals surface area contributed by atoms with Crippen LogP contribution >= 0.6 is 0 Å². The maximum Gasteiger partial charge on any atom is 0.224 e. The van der Waals surface area contributed by atoms with Gasteiger partial charge < -0.3 is 19.5 Å². The first-order chi connectivity index (χ1) is 11.7. The Morgan fingerprint density at radius 3 is 2.46 bits per heavy atom. The number of amides is 1. The highest BCUT2D eigenvalue weighted by molar-refractivity contribution is 5.90. The zero-order valence-electron chi connectivity index (χ0n) is 14.1. The Kier molecular flexibility index (Phi) is 6.95. The Morgan fingerprint density at radius 2 is 1.75 bits per heavy atom. The van der Waals surface area contributed by atoms with E-state index in [2.05, 4.69) is 5.32 Å². The Balaban J connectivity index is 1.70. The lowest BCUT2D eigenvalue weighted by Gasteiger charge is -2.09. The fourth-order valence-electron chi connectivity index (χ4n) is 2.15. The van der Waals surface area contributed by atoms with Crippen molar-refractivity contribution in [1.29, 1.82) is 0 Å². The van der Waals surface area contributed by atoms with Crippen molar-refractivity contribution in [2.75, 3.05) is 25.6 Å². The molecule has 24 heavy (non-hydrogen) atoms. The van der Waals surface area contributed by atoms with Gasteiger partial charge in [0.25, 0.3) is 0 Å². The van der Waals surface area contributed by atoms with E-state index in [4.69, 9.17) is 14.2 Å². The molecule has 0 bridgehead atoms. The van der Waals surface area contributed by atoms with Crippen LogP contribution in [0.2, 0.25) is 0 Å². The van der Waals surface area contributed by atoms with Crippen molar-refractivity contribution in [3.8, 4) is 17.2 Å². The molecule has 0 aliphatic carbocycles. The van der Waals surface area contributed by atoms with E-state index in [1.807, 2.05) is 55.5 Å². The van der Waals surface area contributed by atoms with Crippen molar-refractivity contribution in [3.63, 3.8) is 0 Å². The minimum Gasteiger partial charge on any atom is -0.497 e. The lowest BCUT2D eigenvalue weighted by molar-refractivity contribution is -0.116. The molecule has 128 valence electrons. The monoisotopic (exact) mass is 329 g/mol. The summed E-state index contributed by atoms with van der Waals surface area (Å²) in [4.78, 5) is 12.0. The molecule has 0 atom stereocenters. The molecule has 0 saturated heterocycles. The minimum absolute atomic E-state index is 0.0398. The number of nitrogens with one attached hydrogen (secondary N) is 1. The lowest BCUT2D eigenvalue weighted by Crippen LogP contribution is -2.12. The second-order valence-electron chi connectivity index (χ2n) is 5.14. The molecule has 0 fully saturated rings. The number of hydrogen-bond donors (Lipinski definition) is 1. The van der Waals surface area contributed by atoms with Gasteiger partial charge in [0.2, 0.25) is 5.91 Å². The molecular formula is C19H23NO4. The fourth-order valence-corrected chi connectivity index (χ4v) is 2.15. The number of hydrogen-bond acceptors (Lipinski definition) is 4. The molecule has 5 nitrogen and oxygen atoms in total. The summed E-state index contributed by atoms with van der Waals surface area (Å²) >= 11 is 0. The summed E-state index contributed by atoms with van der Waals surface area (Å²) < 4.78 is 16.1. The minimum atomic E-state index is -0.0398. The van der Waals surface area contributed by atoms with E-state index in [0.717, 1.165) is 22.9 Å². The molecule has 0 unspecified atom stereocenters. The number of rotatable bonds is 9. The third kappa shape index (κ3) is 5.83. The predicted molar refractivity (Wildman–Crippen MR) is 94.0 cm³/mol. The van der Waals surface area contributed by atoms with Crippen LogP contribution < -0.4 is 19.5 Å². The van der Waals surface area contributed by atoms with Gasteiger partial charge in [-0.1, -0.05) is 6.07 Å². The second kappa shape index (κ2) is 9.45. The number of methoxy groups -OCH3 is 1. The van der Waals surface area contributed by atoms with Crippen molar-refractivity contribution in [2.45, 2.75) is 19.8 Å². The average Bonchev–Trinajstić information content (AvgIpc) is 2.60. The number of anilines is 1. The highest BCUT2D eigenvalue weighted by Gasteiger charge is 2.04. The van der Waals surface area contributed by atoms with Gasteiger partial charge in [0.05, 0.1) is 20.3 Å². The standard InChI is InChI=1S/C19H23NO4/c1-3-23-18-7-4-6-15(14-18)20-19(21)8-5-13-24-17-11-9-16(22-2)10-12-17/h4,6-7,9-12,14H,3,5,8,13H2,1-2H3,(H,20,21). The molecule has 0 heterocycles. The van der Waals surface area contributed by atoms with Crippen molar-refractivity contribution < 1.29 is 19.0 Å². The topological polar surface area (TPSA) is 56.8 Å². The maximum absolute atomic E-state index is 12.0. The molecule has 2 aromatic rings. The van der Waals surface area contributed by atoms with Crippen molar-refractivity contribution >= 4 is 11.6 Å². The zero-order chi connectivity index (χ0) is 17.2. The highest BCUT2D eigenvalue weighted by atomic mass is 16.5. The van der Waals surface area contributed by atoms with Crippen LogP contribution in [0, 0.1) is 0 Å². The van der Waals surface area contributed by atoms with Gasteiger partial charge in [-0.05, 0) is 49.7 Å². The van der Waals surface area contributed by atoms with Crippen molar-refractivity contribution in [2.24, 2.45) is 0 Å². The van der Waals surface area contributed by atoms with Crippen LogP contribution in [0.3, 0.4) is 0 Å². The zero-order valence-corrected chi connectivity index (χ0v) is 14.1. The molecule has 0 aromatic heterocycles. The van der Waals surface area contributed by atoms with Crippen LogP contribution in [0.1, 0.15) is 19.8 Å². The molecule has 0 radical (unpaired) electrons. The maximum atomic E-state index is 12.0. The van der Waals surface area contributed by atoms with Crippen molar-refractivity contribution in [1.82, 2.24) is 0 Å². The third-order valence-electron chi connectivity index (χ3n) is 3.31. The SMILES string of the molecule is CCOc1cccc(NC(=O)CCCOc2ccc(OC)cc2)c1. The Hall–Kier alpha value is -2.69. The van der Waals surface area contributed by atoms with Gasteiger partial charge in [-0.25, -0.2) is 0 Å². The van der Waals surface area contributed by atoms with Crippen LogP contribution in [0.15, 0.2) is 48.5 Å². The molecular weight excluding hydrogens is 306 g/mol. The molecule has 2 rings (SSSR count). The van der Waals surface area contributed by atoms with E-state index in [1.54, 1.807) is 7.11 Å². The van der Waals surface area contributed by atoms with E-state index in [0.29, 0.717) is 26.1 Å². The fraction of sp³-hybridized carbons (Fsp3) is 0.316. The van der Waals surface area contributed by atoms with Gasteiger partial charge in [-0.2, -0.15) is 0 Å². The van der Waals surface area contributed by atoms with Gasteiger partial charge >= 0.3 is 0 Å². The Labute approximate surface area is 142 Å². The van der Waals surface area contributed by atoms with Gasteiger partial charge in [-0.3, -0.25) is 4.79 Å². The number of ether oxygens (including phenoxy) is 3. The van der Waals surface area contributed by atoms with E-state index in [9.17, 15) is 4.79 Å². The molecule has 0 aliphatic rings. The van der Waals surface area contributed by atoms with E-state index in [1.165, 1.54) is 0 Å². The van der Waals surface area contributed by atoms with E-state index in [-0.39, 0.29) is 5.91 Å². The lowest BCUT2D eigenvalue weighted by atomic mass is 10.2. The summed E-state index contributed by atoms with van der Waals surface area (Å²) in [6.07, 6.45) is 1.04. The number of carbonyl (C=O) groups is 1. The number of carbonyl (C=O) groups excluding carboxylic acids is 1. The second-order valence-corrected chi connectivity index (χ2v) is 5.14. The molecule has 0 aliphatic heterocycles. The first-order valence-corrected chi connectivity index (χ1v) is 8.01. The Morgan fingerprint density at radius 1 is 1.00 bits per heavy atom. The summed E-state index contributed by atoms with van der Waals surface area (Å²) in [5.41, 5.74) is 0.738. The van der Waals surface area contributed by atoms with Gasteiger partial charge in [0.15, 0.2) is 0 Å². The van der Waals surface area contributed by atoms with Crippen LogP contribution in [0.4, 0.5) is 5.69 Å². The van der Waals surface area contributed by atoms with Gasteiger partial charge in [-0.15, -0.1) is 0 Å². The summed E-state index contributed by atoms with van der Waals surface area (Å²) in [6, 6.07) is 14.7. The normalized spacial score (nSPS) is 10.1. The van der Waals surface area contributed by atoms with Crippen LogP contribution in [-0.4, -0.2) is 26.2 Å². The quantitative estimate of drug-likeness (QED) is 0.709. The third-order valence-corrected chi connectivity index (χ3v) is 3.31. The summed E-state index contributed by atoms with van der Waals surface area (Å²) in [7, 11) is 1.62. The first kappa shape index (κ1) is 17.7. The summed E-state index contributed by atoms with van der Waals surface area (Å²) in [5, 5.41) is 2.86. The molecule has 2 aromatic carbocycles. The Bertz CT molecular complexity index is 640. The largest absolute Gasteiger partial charge is 0.497 e. The summed E-state index contributed by atoms with van der Waals surface area (Å²) in [5.74, 6) is 2.26. The smallest absolute Gasteiger partial charge is 0.224 e. The highest BCUT2D eigenvalue weighted by Crippen LogP contribution is 2.18. The van der Waals surface area contributed by atoms with Gasteiger partial charge in [0.1, 0.15) is 17.2 Å². The average molecular weight is 329 g/mol. The molecule has 1 N–H and O–H groups in total. The molecule has 0 spiro atoms. The van der Waals surface area contributed by atoms with Crippen molar-refractivity contribution in [3.05, 3.63) is 48.5 Å². The van der Waals surface area contributed by atoms with Crippen LogP contribution in [0.25, 0.3) is 0 Å². The van der Waals surface area contributed by atoms with E-state index >= 15 is 0 Å². The van der Waals surface area contributed by atoms with Crippen LogP contribution in [0.5, 0.6) is 17.2 Å². The van der Waals surface area contributed by atoms with E-state index < -0.39 is 0 Å². The van der Waals surface area contributed by atoms with Gasteiger partial charge in [0, 0.05) is 18.2 Å². The molecule has 0 saturated carbocycles.